The van der Waals surface area contributed by atoms with Gasteiger partial charge in [-0.05, 0) is 6.92 Å². The molecule has 0 saturated carbocycles. The predicted octanol–water partition coefficient (Wildman–Crippen LogP) is 1.51. The number of hydrogen-bond donors (Lipinski definition) is 5. The molecule has 5 N–H and O–H groups in total. The van der Waals surface area contributed by atoms with Gasteiger partial charge in [0.25, 0.3) is 11.1 Å². The molecule has 0 aromatic carbocycles. The average Bonchev–Trinajstić information content (AvgIpc) is 3.19. The van der Waals surface area contributed by atoms with Gasteiger partial charge in [-0.25, -0.2) is 14.6 Å². The fourth-order valence-electron chi connectivity index (χ4n) is 1.87. The van der Waals surface area contributed by atoms with Crippen LogP contribution in [0.3, 0.4) is 0 Å². The fourth-order valence-corrected chi connectivity index (χ4v) is 2.54. The summed E-state index contributed by atoms with van der Waals surface area (Å²) in [6, 6.07) is 0.283. The zero-order chi connectivity index (χ0) is 24.5. The Morgan fingerprint density at radius 1 is 1.19 bits per heavy atom. The molecule has 1 amide bonds. The van der Waals surface area contributed by atoms with Crippen LogP contribution in [0.5, 0.6) is 5.19 Å². The van der Waals surface area contributed by atoms with Crippen LogP contribution in [0.2, 0.25) is 0 Å². The smallest absolute Gasteiger partial charge is 0.328 e. The minimum absolute atomic E-state index is 0.0213. The lowest BCUT2D eigenvalue weighted by Crippen LogP contribution is -2.35. The third-order valence-corrected chi connectivity index (χ3v) is 4.23. The van der Waals surface area contributed by atoms with Crippen LogP contribution in [0.25, 0.3) is 0 Å². The first-order valence-corrected chi connectivity index (χ1v) is 10.8. The molecule has 32 heavy (non-hydrogen) atoms. The third-order valence-electron chi connectivity index (χ3n) is 3.33. The standard InChI is InChI=1S/C17H27N3O3S.C4H4O4/c1-5-6-7-8-13(4)20-16(22)15-10-19-17(24-15)23-11-14(21)9-18-12(2)3;5-3(6)1-2-4(7)8/h10,12-14,18,21H,5,8-9,11H2,1-4H3,(H,20,22);1-2H,(H,5,6)(H,7,8). The Hall–Kier alpha value is -2.94. The van der Waals surface area contributed by atoms with Crippen molar-refractivity contribution in [1.29, 1.82) is 0 Å². The molecule has 0 saturated heterocycles. The molecule has 10 nitrogen and oxygen atoms in total. The second-order valence-electron chi connectivity index (χ2n) is 6.81. The average molecular weight is 470 g/mol. The van der Waals surface area contributed by atoms with E-state index in [1.54, 1.807) is 0 Å². The molecule has 178 valence electrons. The van der Waals surface area contributed by atoms with E-state index in [1.807, 2.05) is 27.7 Å². The number of aromatic nitrogens is 1. The summed E-state index contributed by atoms with van der Waals surface area (Å²) in [7, 11) is 0. The topological polar surface area (TPSA) is 158 Å². The van der Waals surface area contributed by atoms with Crippen molar-refractivity contribution in [2.45, 2.75) is 58.7 Å². The Morgan fingerprint density at radius 3 is 2.34 bits per heavy atom. The maximum Gasteiger partial charge on any atom is 0.328 e. The van der Waals surface area contributed by atoms with Crippen molar-refractivity contribution < 1.29 is 34.4 Å². The number of aliphatic hydroxyl groups excluding tert-OH is 1. The van der Waals surface area contributed by atoms with Crippen LogP contribution >= 0.6 is 11.3 Å². The van der Waals surface area contributed by atoms with Gasteiger partial charge in [0.15, 0.2) is 0 Å². The van der Waals surface area contributed by atoms with E-state index in [4.69, 9.17) is 14.9 Å². The molecule has 2 atom stereocenters. The number of carboxylic acid groups (broad SMARTS) is 2. The van der Waals surface area contributed by atoms with Gasteiger partial charge in [-0.1, -0.05) is 32.1 Å². The van der Waals surface area contributed by atoms with E-state index in [9.17, 15) is 19.5 Å². The number of nitrogens with one attached hydrogen (secondary N) is 2. The molecule has 1 rings (SSSR count). The van der Waals surface area contributed by atoms with Gasteiger partial charge in [-0.3, -0.25) is 4.79 Å². The summed E-state index contributed by atoms with van der Waals surface area (Å²) >= 11 is 1.16. The Labute approximate surface area is 191 Å². The van der Waals surface area contributed by atoms with Gasteiger partial charge in [-0.2, -0.15) is 0 Å². The van der Waals surface area contributed by atoms with Crippen LogP contribution in [-0.2, 0) is 9.59 Å². The number of carboxylic acids is 2. The van der Waals surface area contributed by atoms with Gasteiger partial charge < -0.3 is 30.7 Å². The predicted molar refractivity (Wildman–Crippen MR) is 121 cm³/mol. The van der Waals surface area contributed by atoms with Gasteiger partial charge in [0.2, 0.25) is 0 Å². The summed E-state index contributed by atoms with van der Waals surface area (Å²) in [5, 5.41) is 31.8. The molecule has 0 aliphatic carbocycles. The molecular weight excluding hydrogens is 438 g/mol. The molecule has 0 aliphatic rings. The SMILES string of the molecule is CCC#CCC(C)NC(=O)c1cnc(OCC(O)CNC(C)C)s1.O=C(O)C=CC(=O)O. The zero-order valence-electron chi connectivity index (χ0n) is 18.6. The first-order chi connectivity index (χ1) is 15.0. The van der Waals surface area contributed by atoms with E-state index in [0.717, 1.165) is 17.8 Å². The Bertz CT molecular complexity index is 796. The third kappa shape index (κ3) is 15.8. The second-order valence-corrected chi connectivity index (χ2v) is 7.81. The van der Waals surface area contributed by atoms with Crippen molar-refractivity contribution in [3.8, 4) is 17.0 Å². The highest BCUT2D eigenvalue weighted by Gasteiger charge is 2.14. The van der Waals surface area contributed by atoms with E-state index in [2.05, 4.69) is 27.5 Å². The molecule has 0 spiro atoms. The van der Waals surface area contributed by atoms with Crippen LogP contribution in [0.15, 0.2) is 18.3 Å². The summed E-state index contributed by atoms with van der Waals surface area (Å²) in [6.45, 7) is 8.51. The molecule has 2 unspecified atom stereocenters. The molecule has 0 bridgehead atoms. The van der Waals surface area contributed by atoms with Gasteiger partial charge in [0, 0.05) is 43.6 Å². The number of aliphatic carboxylic acids is 2. The molecule has 11 heteroatoms. The van der Waals surface area contributed by atoms with Gasteiger partial charge in [0.1, 0.15) is 17.6 Å². The molecule has 1 heterocycles. The minimum Gasteiger partial charge on any atom is -0.478 e. The van der Waals surface area contributed by atoms with E-state index in [1.165, 1.54) is 6.20 Å². The Morgan fingerprint density at radius 2 is 1.81 bits per heavy atom. The molecule has 0 radical (unpaired) electrons. The van der Waals surface area contributed by atoms with E-state index in [-0.39, 0.29) is 18.6 Å². The summed E-state index contributed by atoms with van der Waals surface area (Å²) in [5.74, 6) is 3.30. The van der Waals surface area contributed by atoms with Gasteiger partial charge in [0.05, 0.1) is 6.20 Å². The summed E-state index contributed by atoms with van der Waals surface area (Å²) in [5.41, 5.74) is 0. The van der Waals surface area contributed by atoms with Crippen LogP contribution in [-0.4, -0.2) is 69.5 Å². The van der Waals surface area contributed by atoms with Crippen LogP contribution in [0, 0.1) is 11.8 Å². The van der Waals surface area contributed by atoms with Crippen LogP contribution in [0.4, 0.5) is 0 Å². The van der Waals surface area contributed by atoms with Crippen molar-refractivity contribution in [3.63, 3.8) is 0 Å². The lowest BCUT2D eigenvalue weighted by Gasteiger charge is -2.13. The molecule has 1 aromatic heterocycles. The van der Waals surface area contributed by atoms with E-state index < -0.39 is 18.0 Å². The Kier molecular flexibility index (Phi) is 15.2. The highest BCUT2D eigenvalue weighted by atomic mass is 32.1. The molecule has 0 fully saturated rings. The highest BCUT2D eigenvalue weighted by Crippen LogP contribution is 2.20. The van der Waals surface area contributed by atoms with Crippen molar-refractivity contribution in [2.24, 2.45) is 0 Å². The first kappa shape index (κ1) is 29.1. The lowest BCUT2D eigenvalue weighted by molar-refractivity contribution is -0.134. The number of nitrogens with zero attached hydrogens (tertiary/aromatic N) is 1. The molecule has 0 aliphatic heterocycles. The number of amides is 1. The van der Waals surface area contributed by atoms with Crippen LogP contribution in [0.1, 0.15) is 50.2 Å². The lowest BCUT2D eigenvalue weighted by atomic mass is 10.2. The van der Waals surface area contributed by atoms with Crippen LogP contribution < -0.4 is 15.4 Å². The monoisotopic (exact) mass is 469 g/mol. The van der Waals surface area contributed by atoms with Crippen molar-refractivity contribution in [2.75, 3.05) is 13.2 Å². The summed E-state index contributed by atoms with van der Waals surface area (Å²) in [4.78, 5) is 35.8. The minimum atomic E-state index is -1.26. The van der Waals surface area contributed by atoms with Crippen molar-refractivity contribution in [3.05, 3.63) is 23.2 Å². The first-order valence-electron chi connectivity index (χ1n) is 9.95. The number of ether oxygens (including phenoxy) is 1. The summed E-state index contributed by atoms with van der Waals surface area (Å²) < 4.78 is 5.43. The number of rotatable bonds is 11. The van der Waals surface area contributed by atoms with E-state index >= 15 is 0 Å². The number of aliphatic hydroxyl groups is 1. The van der Waals surface area contributed by atoms with Crippen molar-refractivity contribution >= 4 is 29.2 Å². The largest absolute Gasteiger partial charge is 0.478 e. The number of carbonyl (C=O) groups is 3. The maximum atomic E-state index is 12.1. The number of thiazole rings is 1. The number of hydrogen-bond acceptors (Lipinski definition) is 8. The second kappa shape index (κ2) is 16.7. The van der Waals surface area contributed by atoms with Gasteiger partial charge >= 0.3 is 11.9 Å². The quantitative estimate of drug-likeness (QED) is 0.239. The molecular formula is C21H31N3O7S. The highest BCUT2D eigenvalue weighted by molar-refractivity contribution is 7.15. The maximum absolute atomic E-state index is 12.1. The van der Waals surface area contributed by atoms with Gasteiger partial charge in [-0.15, -0.1) is 11.8 Å². The van der Waals surface area contributed by atoms with E-state index in [0.29, 0.717) is 41.2 Å². The summed E-state index contributed by atoms with van der Waals surface area (Å²) in [6.07, 6.45) is 3.42. The normalized spacial score (nSPS) is 12.2. The fraction of sp³-hybridized carbons (Fsp3) is 0.524. The molecule has 1 aromatic rings. The number of carbonyl (C=O) groups excluding carboxylic acids is 1. The Balaban J connectivity index is 0.00000102. The van der Waals surface area contributed by atoms with Crippen molar-refractivity contribution in [1.82, 2.24) is 15.6 Å². The zero-order valence-corrected chi connectivity index (χ0v) is 19.4.